The lowest BCUT2D eigenvalue weighted by atomic mass is 10.3. The molecule has 0 bridgehead atoms. The number of methoxy groups -OCH3 is 1. The fourth-order valence-electron chi connectivity index (χ4n) is 1.88. The van der Waals surface area contributed by atoms with Crippen LogP contribution in [0, 0.1) is 0 Å². The number of urea groups is 1. The molecule has 1 heterocycles. The lowest BCUT2D eigenvalue weighted by Crippen LogP contribution is -2.46. The number of anilines is 1. The van der Waals surface area contributed by atoms with E-state index in [1.165, 1.54) is 18.9 Å². The molecule has 114 valence electrons. The van der Waals surface area contributed by atoms with Crippen molar-refractivity contribution < 1.29 is 14.3 Å². The van der Waals surface area contributed by atoms with E-state index in [0.29, 0.717) is 34.6 Å². The van der Waals surface area contributed by atoms with Crippen molar-refractivity contribution in [2.75, 3.05) is 31.3 Å². The van der Waals surface area contributed by atoms with Crippen molar-refractivity contribution in [3.8, 4) is 0 Å². The number of amides is 2. The summed E-state index contributed by atoms with van der Waals surface area (Å²) in [5.41, 5.74) is 0.558. The molecule has 1 fully saturated rings. The second-order valence-electron chi connectivity index (χ2n) is 4.39. The van der Waals surface area contributed by atoms with E-state index in [1.807, 2.05) is 0 Å². The molecular formula is C13H14Cl2N2O3S. The first-order valence-corrected chi connectivity index (χ1v) is 8.02. The molecule has 5 nitrogen and oxygen atoms in total. The van der Waals surface area contributed by atoms with Gasteiger partial charge in [0.2, 0.25) is 0 Å². The molecule has 21 heavy (non-hydrogen) atoms. The third-order valence-electron chi connectivity index (χ3n) is 2.99. The molecule has 0 aliphatic carbocycles. The highest BCUT2D eigenvalue weighted by atomic mass is 35.5. The molecule has 1 atom stereocenters. The molecule has 1 aliphatic heterocycles. The quantitative estimate of drug-likeness (QED) is 0.834. The Hall–Kier alpha value is -1.11. The van der Waals surface area contributed by atoms with Gasteiger partial charge in [0.1, 0.15) is 5.25 Å². The molecule has 1 aromatic carbocycles. The molecule has 1 aromatic rings. The molecule has 0 saturated carbocycles. The summed E-state index contributed by atoms with van der Waals surface area (Å²) in [5, 5.41) is 3.19. The molecule has 0 aromatic heterocycles. The number of hydrogen-bond acceptors (Lipinski definition) is 4. The summed E-state index contributed by atoms with van der Waals surface area (Å²) >= 11 is 13.2. The van der Waals surface area contributed by atoms with E-state index >= 15 is 0 Å². The third kappa shape index (κ3) is 4.18. The number of halogens is 2. The number of carbonyl (C=O) groups excluding carboxylic acids is 2. The van der Waals surface area contributed by atoms with E-state index in [-0.39, 0.29) is 17.3 Å². The van der Waals surface area contributed by atoms with Crippen LogP contribution in [0.2, 0.25) is 10.0 Å². The summed E-state index contributed by atoms with van der Waals surface area (Å²) in [5.74, 6) is 0.376. The van der Waals surface area contributed by atoms with Gasteiger partial charge in [-0.2, -0.15) is 0 Å². The van der Waals surface area contributed by atoms with Crippen molar-refractivity contribution in [2.24, 2.45) is 0 Å². The van der Waals surface area contributed by atoms with Crippen LogP contribution in [-0.2, 0) is 9.53 Å². The predicted octanol–water partition coefficient (Wildman–Crippen LogP) is 3.12. The van der Waals surface area contributed by atoms with Crippen molar-refractivity contribution >= 4 is 52.7 Å². The van der Waals surface area contributed by atoms with Gasteiger partial charge in [0.15, 0.2) is 0 Å². The lowest BCUT2D eigenvalue weighted by molar-refractivity contribution is -0.140. The van der Waals surface area contributed by atoms with Gasteiger partial charge in [-0.15, -0.1) is 11.8 Å². The van der Waals surface area contributed by atoms with E-state index in [1.54, 1.807) is 23.1 Å². The number of thioether (sulfide) groups is 1. The molecule has 0 unspecified atom stereocenters. The predicted molar refractivity (Wildman–Crippen MR) is 85.3 cm³/mol. The monoisotopic (exact) mass is 348 g/mol. The Labute approximate surface area is 136 Å². The zero-order valence-electron chi connectivity index (χ0n) is 11.3. The average molecular weight is 349 g/mol. The number of nitrogens with zero attached hydrogens (tertiary/aromatic N) is 1. The van der Waals surface area contributed by atoms with Gasteiger partial charge in [0.25, 0.3) is 0 Å². The lowest BCUT2D eigenvalue weighted by Gasteiger charge is -2.31. The molecule has 1 aliphatic rings. The number of benzene rings is 1. The highest BCUT2D eigenvalue weighted by molar-refractivity contribution is 8.00. The standard InChI is InChI=1S/C13H14Cl2N2O3S/c1-20-12(18)11-7-17(4-5-21-11)13(19)16-8-2-3-9(14)10(15)6-8/h2-3,6,11H,4-5,7H2,1H3,(H,16,19)/t11-/m0/s1. The van der Waals surface area contributed by atoms with Gasteiger partial charge in [-0.3, -0.25) is 4.79 Å². The number of carbonyl (C=O) groups is 2. The Balaban J connectivity index is 1.99. The Kier molecular flexibility index (Phi) is 5.61. The van der Waals surface area contributed by atoms with Gasteiger partial charge in [0, 0.05) is 24.5 Å². The van der Waals surface area contributed by atoms with E-state index in [4.69, 9.17) is 27.9 Å². The first-order valence-electron chi connectivity index (χ1n) is 6.21. The van der Waals surface area contributed by atoms with Crippen molar-refractivity contribution in [3.05, 3.63) is 28.2 Å². The van der Waals surface area contributed by atoms with E-state index < -0.39 is 0 Å². The zero-order valence-corrected chi connectivity index (χ0v) is 13.6. The number of nitrogens with one attached hydrogen (secondary N) is 1. The van der Waals surface area contributed by atoms with Crippen LogP contribution in [0.5, 0.6) is 0 Å². The van der Waals surface area contributed by atoms with Crippen molar-refractivity contribution in [3.63, 3.8) is 0 Å². The van der Waals surface area contributed by atoms with Crippen LogP contribution in [0.3, 0.4) is 0 Å². The second kappa shape index (κ2) is 7.24. The Morgan fingerprint density at radius 3 is 2.81 bits per heavy atom. The first-order chi connectivity index (χ1) is 10.0. The largest absolute Gasteiger partial charge is 0.468 e. The van der Waals surface area contributed by atoms with Gasteiger partial charge < -0.3 is 15.0 Å². The highest BCUT2D eigenvalue weighted by Crippen LogP contribution is 2.26. The molecule has 2 rings (SSSR count). The van der Waals surface area contributed by atoms with Gasteiger partial charge >= 0.3 is 12.0 Å². The minimum Gasteiger partial charge on any atom is -0.468 e. The SMILES string of the molecule is COC(=O)[C@@H]1CN(C(=O)Nc2ccc(Cl)c(Cl)c2)CCS1. The van der Waals surface area contributed by atoms with Crippen molar-refractivity contribution in [1.82, 2.24) is 4.90 Å². The van der Waals surface area contributed by atoms with Crippen LogP contribution < -0.4 is 5.32 Å². The van der Waals surface area contributed by atoms with Crippen LogP contribution in [-0.4, -0.2) is 48.1 Å². The van der Waals surface area contributed by atoms with E-state index in [0.717, 1.165) is 0 Å². The van der Waals surface area contributed by atoms with E-state index in [9.17, 15) is 9.59 Å². The second-order valence-corrected chi connectivity index (χ2v) is 6.51. The number of esters is 1. The first kappa shape index (κ1) is 16.3. The summed E-state index contributed by atoms with van der Waals surface area (Å²) in [6.45, 7) is 0.899. The minimum absolute atomic E-state index is 0.275. The zero-order chi connectivity index (χ0) is 15.4. The van der Waals surface area contributed by atoms with Gasteiger partial charge in [0.05, 0.1) is 17.2 Å². The number of ether oxygens (including phenoxy) is 1. The topological polar surface area (TPSA) is 58.6 Å². The molecule has 0 radical (unpaired) electrons. The summed E-state index contributed by atoms with van der Waals surface area (Å²) < 4.78 is 4.71. The third-order valence-corrected chi connectivity index (χ3v) is 4.89. The van der Waals surface area contributed by atoms with Gasteiger partial charge in [-0.1, -0.05) is 23.2 Å². The normalized spacial score (nSPS) is 18.2. The minimum atomic E-state index is -0.344. The van der Waals surface area contributed by atoms with Gasteiger partial charge in [-0.25, -0.2) is 4.79 Å². The van der Waals surface area contributed by atoms with Crippen LogP contribution in [0.25, 0.3) is 0 Å². The van der Waals surface area contributed by atoms with Crippen LogP contribution >= 0.6 is 35.0 Å². The van der Waals surface area contributed by atoms with Gasteiger partial charge in [-0.05, 0) is 18.2 Å². The summed E-state index contributed by atoms with van der Waals surface area (Å²) in [7, 11) is 1.34. The van der Waals surface area contributed by atoms with Crippen LogP contribution in [0.1, 0.15) is 0 Å². The molecule has 2 amide bonds. The Morgan fingerprint density at radius 2 is 2.14 bits per heavy atom. The molecule has 8 heteroatoms. The highest BCUT2D eigenvalue weighted by Gasteiger charge is 2.29. The van der Waals surface area contributed by atoms with Crippen LogP contribution in [0.4, 0.5) is 10.5 Å². The fourth-order valence-corrected chi connectivity index (χ4v) is 3.31. The maximum absolute atomic E-state index is 12.2. The summed E-state index contributed by atoms with van der Waals surface area (Å²) in [6, 6.07) is 4.59. The van der Waals surface area contributed by atoms with Crippen molar-refractivity contribution in [1.29, 1.82) is 0 Å². The van der Waals surface area contributed by atoms with Crippen molar-refractivity contribution in [2.45, 2.75) is 5.25 Å². The number of hydrogen-bond donors (Lipinski definition) is 1. The number of rotatable bonds is 2. The van der Waals surface area contributed by atoms with Crippen LogP contribution in [0.15, 0.2) is 18.2 Å². The Bertz CT molecular complexity index is 556. The summed E-state index contributed by atoms with van der Waals surface area (Å²) in [6.07, 6.45) is 0. The maximum atomic E-state index is 12.2. The molecule has 0 spiro atoms. The summed E-state index contributed by atoms with van der Waals surface area (Å²) in [4.78, 5) is 25.3. The van der Waals surface area contributed by atoms with E-state index in [2.05, 4.69) is 5.32 Å². The maximum Gasteiger partial charge on any atom is 0.321 e. The fraction of sp³-hybridized carbons (Fsp3) is 0.385. The Morgan fingerprint density at radius 1 is 1.38 bits per heavy atom. The smallest absolute Gasteiger partial charge is 0.321 e. The molecular weight excluding hydrogens is 335 g/mol. The molecule has 1 N–H and O–H groups in total. The molecule has 1 saturated heterocycles. The average Bonchev–Trinajstić information content (AvgIpc) is 2.50.